The standard InChI is InChI=1S/C14H26N4O6/c15-9(13(21)22)3-5-11(19)17-7-1-2-8-18-12(20)6-4-10(16)14(23)24/h9-10H,1-8,15-16H2,(H,17,19)(H,18,20)(H,21,22)(H,23,24)/t9-,10-/m0/s1. The van der Waals surface area contributed by atoms with E-state index in [1.165, 1.54) is 0 Å². The van der Waals surface area contributed by atoms with Crippen LogP contribution in [0.5, 0.6) is 0 Å². The van der Waals surface area contributed by atoms with E-state index < -0.39 is 24.0 Å². The summed E-state index contributed by atoms with van der Waals surface area (Å²) in [6.07, 6.45) is 1.55. The lowest BCUT2D eigenvalue weighted by Crippen LogP contribution is -2.33. The summed E-state index contributed by atoms with van der Waals surface area (Å²) < 4.78 is 0. The number of hydrogen-bond donors (Lipinski definition) is 6. The van der Waals surface area contributed by atoms with Crippen LogP contribution in [0.2, 0.25) is 0 Å². The summed E-state index contributed by atoms with van der Waals surface area (Å²) in [6, 6.07) is -2.08. The minimum atomic E-state index is -1.14. The molecule has 0 heterocycles. The van der Waals surface area contributed by atoms with E-state index in [4.69, 9.17) is 21.7 Å². The quantitative estimate of drug-likeness (QED) is 0.215. The van der Waals surface area contributed by atoms with E-state index in [-0.39, 0.29) is 37.5 Å². The van der Waals surface area contributed by atoms with Gasteiger partial charge in [-0.15, -0.1) is 0 Å². The number of amides is 2. The molecule has 0 aliphatic carbocycles. The van der Waals surface area contributed by atoms with Crippen LogP contribution in [-0.2, 0) is 19.2 Å². The number of carboxylic acids is 2. The smallest absolute Gasteiger partial charge is 0.320 e. The molecule has 0 aromatic heterocycles. The third-order valence-corrected chi connectivity index (χ3v) is 3.25. The van der Waals surface area contributed by atoms with Gasteiger partial charge in [0.1, 0.15) is 12.1 Å². The molecule has 8 N–H and O–H groups in total. The highest BCUT2D eigenvalue weighted by atomic mass is 16.4. The number of nitrogens with two attached hydrogens (primary N) is 2. The molecule has 0 fully saturated rings. The van der Waals surface area contributed by atoms with E-state index in [2.05, 4.69) is 10.6 Å². The van der Waals surface area contributed by atoms with E-state index in [1.807, 2.05) is 0 Å². The number of carbonyl (C=O) groups excluding carboxylic acids is 2. The molecular formula is C14H26N4O6. The van der Waals surface area contributed by atoms with Gasteiger partial charge in [-0.1, -0.05) is 0 Å². The Kier molecular flexibility index (Phi) is 11.1. The van der Waals surface area contributed by atoms with E-state index in [0.717, 1.165) is 0 Å². The third kappa shape index (κ3) is 11.4. The predicted octanol–water partition coefficient (Wildman–Crippen LogP) is -1.62. The molecule has 0 radical (unpaired) electrons. The van der Waals surface area contributed by atoms with E-state index in [0.29, 0.717) is 25.9 Å². The highest BCUT2D eigenvalue weighted by Gasteiger charge is 2.14. The van der Waals surface area contributed by atoms with Gasteiger partial charge >= 0.3 is 11.9 Å². The van der Waals surface area contributed by atoms with Crippen LogP contribution in [-0.4, -0.2) is 59.1 Å². The van der Waals surface area contributed by atoms with Crippen molar-refractivity contribution in [2.45, 2.75) is 50.6 Å². The Morgan fingerprint density at radius 1 is 0.750 bits per heavy atom. The number of nitrogens with one attached hydrogen (secondary N) is 2. The molecule has 10 nitrogen and oxygen atoms in total. The monoisotopic (exact) mass is 346 g/mol. The first-order valence-corrected chi connectivity index (χ1v) is 7.74. The fourth-order valence-electron chi connectivity index (χ4n) is 1.70. The van der Waals surface area contributed by atoms with Crippen molar-refractivity contribution < 1.29 is 29.4 Å². The molecule has 0 bridgehead atoms. The van der Waals surface area contributed by atoms with Crippen molar-refractivity contribution in [2.75, 3.05) is 13.1 Å². The highest BCUT2D eigenvalue weighted by molar-refractivity contribution is 5.78. The van der Waals surface area contributed by atoms with Gasteiger partial charge < -0.3 is 32.3 Å². The van der Waals surface area contributed by atoms with Gasteiger partial charge in [-0.3, -0.25) is 19.2 Å². The van der Waals surface area contributed by atoms with Gasteiger partial charge in [0.2, 0.25) is 11.8 Å². The fourth-order valence-corrected chi connectivity index (χ4v) is 1.70. The molecule has 0 rings (SSSR count). The number of carboxylic acid groups (broad SMARTS) is 2. The fraction of sp³-hybridized carbons (Fsp3) is 0.714. The van der Waals surface area contributed by atoms with Crippen molar-refractivity contribution in [1.82, 2.24) is 10.6 Å². The maximum Gasteiger partial charge on any atom is 0.320 e. The molecule has 0 aliphatic heterocycles. The van der Waals surface area contributed by atoms with Crippen LogP contribution in [0.3, 0.4) is 0 Å². The molecule has 138 valence electrons. The molecule has 0 aromatic carbocycles. The Morgan fingerprint density at radius 2 is 1.08 bits per heavy atom. The molecule has 0 aromatic rings. The number of rotatable bonds is 13. The van der Waals surface area contributed by atoms with Crippen molar-refractivity contribution >= 4 is 23.8 Å². The molecule has 0 saturated heterocycles. The first-order valence-electron chi connectivity index (χ1n) is 7.74. The van der Waals surface area contributed by atoms with Crippen molar-refractivity contribution in [3.05, 3.63) is 0 Å². The minimum absolute atomic E-state index is 0.0496. The summed E-state index contributed by atoms with van der Waals surface area (Å²) in [6.45, 7) is 0.835. The van der Waals surface area contributed by atoms with Crippen LogP contribution in [0.25, 0.3) is 0 Å². The third-order valence-electron chi connectivity index (χ3n) is 3.25. The number of hydrogen-bond acceptors (Lipinski definition) is 6. The lowest BCUT2D eigenvalue weighted by Gasteiger charge is -2.09. The van der Waals surface area contributed by atoms with Gasteiger partial charge in [0.25, 0.3) is 0 Å². The summed E-state index contributed by atoms with van der Waals surface area (Å²) in [5, 5.41) is 22.4. The van der Waals surface area contributed by atoms with Gasteiger partial charge in [0.05, 0.1) is 0 Å². The minimum Gasteiger partial charge on any atom is -0.480 e. The van der Waals surface area contributed by atoms with E-state index >= 15 is 0 Å². The SMILES string of the molecule is N[C@@H](CCC(=O)NCCCCNC(=O)CC[C@H](N)C(=O)O)C(=O)O. The van der Waals surface area contributed by atoms with Crippen LogP contribution in [0.1, 0.15) is 38.5 Å². The van der Waals surface area contributed by atoms with Crippen molar-refractivity contribution in [2.24, 2.45) is 11.5 Å². The predicted molar refractivity (Wildman–Crippen MR) is 84.9 cm³/mol. The second-order valence-corrected chi connectivity index (χ2v) is 5.37. The first-order chi connectivity index (χ1) is 11.2. The molecule has 10 heteroatoms. The summed E-state index contributed by atoms with van der Waals surface area (Å²) >= 11 is 0. The van der Waals surface area contributed by atoms with Crippen LogP contribution >= 0.6 is 0 Å². The Bertz CT molecular complexity index is 403. The van der Waals surface area contributed by atoms with Gasteiger partial charge in [-0.25, -0.2) is 0 Å². The van der Waals surface area contributed by atoms with Gasteiger partial charge in [0.15, 0.2) is 0 Å². The van der Waals surface area contributed by atoms with Gasteiger partial charge in [0, 0.05) is 25.9 Å². The Labute approximate surface area is 139 Å². The molecule has 0 unspecified atom stereocenters. The van der Waals surface area contributed by atoms with Gasteiger partial charge in [-0.05, 0) is 25.7 Å². The molecule has 0 aliphatic rings. The Hall–Kier alpha value is -2.20. The molecule has 2 atom stereocenters. The van der Waals surface area contributed by atoms with Crippen LogP contribution in [0.15, 0.2) is 0 Å². The Balaban J connectivity index is 3.56. The molecular weight excluding hydrogens is 320 g/mol. The largest absolute Gasteiger partial charge is 0.480 e. The average molecular weight is 346 g/mol. The maximum atomic E-state index is 11.4. The summed E-state index contributed by atoms with van der Waals surface area (Å²) in [5.74, 6) is -2.80. The zero-order chi connectivity index (χ0) is 18.5. The molecule has 0 spiro atoms. The maximum absolute atomic E-state index is 11.4. The summed E-state index contributed by atoms with van der Waals surface area (Å²) in [4.78, 5) is 43.8. The van der Waals surface area contributed by atoms with Crippen molar-refractivity contribution in [1.29, 1.82) is 0 Å². The van der Waals surface area contributed by atoms with Crippen molar-refractivity contribution in [3.8, 4) is 0 Å². The lowest BCUT2D eigenvalue weighted by molar-refractivity contribution is -0.139. The lowest BCUT2D eigenvalue weighted by atomic mass is 10.1. The highest BCUT2D eigenvalue weighted by Crippen LogP contribution is 1.96. The van der Waals surface area contributed by atoms with E-state index in [9.17, 15) is 19.2 Å². The average Bonchev–Trinajstić information content (AvgIpc) is 2.52. The van der Waals surface area contributed by atoms with Crippen LogP contribution in [0.4, 0.5) is 0 Å². The number of carbonyl (C=O) groups is 4. The first kappa shape index (κ1) is 21.8. The normalized spacial score (nSPS) is 12.9. The zero-order valence-corrected chi connectivity index (χ0v) is 13.5. The van der Waals surface area contributed by atoms with Crippen LogP contribution in [0, 0.1) is 0 Å². The topological polar surface area (TPSA) is 185 Å². The number of aliphatic carboxylic acids is 2. The van der Waals surface area contributed by atoms with Gasteiger partial charge in [-0.2, -0.15) is 0 Å². The Morgan fingerprint density at radius 3 is 1.38 bits per heavy atom. The van der Waals surface area contributed by atoms with Crippen LogP contribution < -0.4 is 22.1 Å². The summed E-state index contributed by atoms with van der Waals surface area (Å²) in [7, 11) is 0. The van der Waals surface area contributed by atoms with Crippen molar-refractivity contribution in [3.63, 3.8) is 0 Å². The molecule has 24 heavy (non-hydrogen) atoms. The second-order valence-electron chi connectivity index (χ2n) is 5.37. The molecule has 0 saturated carbocycles. The zero-order valence-electron chi connectivity index (χ0n) is 13.5. The summed E-state index contributed by atoms with van der Waals surface area (Å²) in [5.41, 5.74) is 10.6. The number of unbranched alkanes of at least 4 members (excludes halogenated alkanes) is 1. The molecule has 2 amide bonds. The van der Waals surface area contributed by atoms with E-state index in [1.54, 1.807) is 0 Å². The second kappa shape index (κ2) is 12.3.